The van der Waals surface area contributed by atoms with Gasteiger partial charge in [0, 0.05) is 13.1 Å². The molecule has 1 aliphatic heterocycles. The molecule has 0 spiro atoms. The number of hydrogen-bond acceptors (Lipinski definition) is 4. The SMILES string of the molecule is Cc1ncoc1C(=O)N1CCC(C)(C(=O)O)CC1. The first-order chi connectivity index (χ1) is 8.44. The molecule has 1 N–H and O–H groups in total. The molecule has 18 heavy (non-hydrogen) atoms. The molecule has 1 aromatic heterocycles. The lowest BCUT2D eigenvalue weighted by Crippen LogP contribution is -2.45. The number of carbonyl (C=O) groups is 2. The predicted molar refractivity (Wildman–Crippen MR) is 62.1 cm³/mol. The molecule has 1 saturated heterocycles. The lowest BCUT2D eigenvalue weighted by atomic mass is 9.80. The van der Waals surface area contributed by atoms with E-state index in [1.165, 1.54) is 6.39 Å². The van der Waals surface area contributed by atoms with Gasteiger partial charge in [0.1, 0.15) is 0 Å². The topological polar surface area (TPSA) is 83.6 Å². The van der Waals surface area contributed by atoms with Crippen LogP contribution in [0.3, 0.4) is 0 Å². The fraction of sp³-hybridized carbons (Fsp3) is 0.583. The summed E-state index contributed by atoms with van der Waals surface area (Å²) in [7, 11) is 0. The molecule has 0 saturated carbocycles. The van der Waals surface area contributed by atoms with Gasteiger partial charge in [0.25, 0.3) is 5.91 Å². The highest BCUT2D eigenvalue weighted by Gasteiger charge is 2.38. The molecule has 1 aromatic rings. The lowest BCUT2D eigenvalue weighted by molar-refractivity contribution is -0.150. The summed E-state index contributed by atoms with van der Waals surface area (Å²) < 4.78 is 5.06. The maximum atomic E-state index is 12.1. The first-order valence-corrected chi connectivity index (χ1v) is 5.87. The monoisotopic (exact) mass is 252 g/mol. The highest BCUT2D eigenvalue weighted by molar-refractivity contribution is 5.92. The van der Waals surface area contributed by atoms with Gasteiger partial charge in [-0.15, -0.1) is 0 Å². The van der Waals surface area contributed by atoms with Crippen LogP contribution >= 0.6 is 0 Å². The molecule has 0 atom stereocenters. The third-order valence-corrected chi connectivity index (χ3v) is 3.61. The minimum absolute atomic E-state index is 0.211. The highest BCUT2D eigenvalue weighted by atomic mass is 16.4. The smallest absolute Gasteiger partial charge is 0.309 e. The van der Waals surface area contributed by atoms with Crippen molar-refractivity contribution in [3.63, 3.8) is 0 Å². The van der Waals surface area contributed by atoms with Gasteiger partial charge >= 0.3 is 5.97 Å². The Balaban J connectivity index is 2.05. The number of carboxylic acid groups (broad SMARTS) is 1. The molecule has 0 aromatic carbocycles. The standard InChI is InChI=1S/C12H16N2O4/c1-8-9(18-7-13-8)10(15)14-5-3-12(2,4-6-14)11(16)17/h7H,3-6H2,1-2H3,(H,16,17). The Labute approximate surface area is 105 Å². The van der Waals surface area contributed by atoms with E-state index < -0.39 is 11.4 Å². The number of likely N-dealkylation sites (tertiary alicyclic amines) is 1. The molecule has 6 heteroatoms. The molecule has 2 heterocycles. The van der Waals surface area contributed by atoms with Crippen LogP contribution in [0.1, 0.15) is 36.0 Å². The number of nitrogens with zero attached hydrogens (tertiary/aromatic N) is 2. The summed E-state index contributed by atoms with van der Waals surface area (Å²) in [5.74, 6) is -0.767. The van der Waals surface area contributed by atoms with Crippen LogP contribution < -0.4 is 0 Å². The van der Waals surface area contributed by atoms with Crippen LogP contribution in [0.25, 0.3) is 0 Å². The molecule has 6 nitrogen and oxygen atoms in total. The van der Waals surface area contributed by atoms with Crippen molar-refractivity contribution in [3.8, 4) is 0 Å². The third kappa shape index (κ3) is 2.10. The van der Waals surface area contributed by atoms with Gasteiger partial charge < -0.3 is 14.4 Å². The average molecular weight is 252 g/mol. The quantitative estimate of drug-likeness (QED) is 0.857. The van der Waals surface area contributed by atoms with Crippen LogP contribution in [-0.2, 0) is 4.79 Å². The number of rotatable bonds is 2. The van der Waals surface area contributed by atoms with E-state index in [1.54, 1.807) is 18.7 Å². The average Bonchev–Trinajstić information content (AvgIpc) is 2.75. The van der Waals surface area contributed by atoms with Crippen molar-refractivity contribution in [2.75, 3.05) is 13.1 Å². The summed E-state index contributed by atoms with van der Waals surface area (Å²) in [5.41, 5.74) is -0.167. The lowest BCUT2D eigenvalue weighted by Gasteiger charge is -2.36. The Morgan fingerprint density at radius 1 is 1.44 bits per heavy atom. The largest absolute Gasteiger partial charge is 0.481 e. The fourth-order valence-electron chi connectivity index (χ4n) is 2.07. The van der Waals surface area contributed by atoms with E-state index in [9.17, 15) is 9.59 Å². The number of hydrogen-bond donors (Lipinski definition) is 1. The normalized spacial score (nSPS) is 18.7. The predicted octanol–water partition coefficient (Wildman–Crippen LogP) is 1.31. The van der Waals surface area contributed by atoms with Gasteiger partial charge in [0.2, 0.25) is 5.76 Å². The molecule has 1 amide bonds. The van der Waals surface area contributed by atoms with Crippen molar-refractivity contribution >= 4 is 11.9 Å². The first-order valence-electron chi connectivity index (χ1n) is 5.87. The van der Waals surface area contributed by atoms with Gasteiger partial charge in [-0.3, -0.25) is 9.59 Å². The zero-order chi connectivity index (χ0) is 13.3. The molecule has 0 bridgehead atoms. The number of carboxylic acids is 1. The van der Waals surface area contributed by atoms with E-state index in [1.807, 2.05) is 0 Å². The summed E-state index contributed by atoms with van der Waals surface area (Å²) in [6, 6.07) is 0. The maximum absolute atomic E-state index is 12.1. The zero-order valence-electron chi connectivity index (χ0n) is 10.5. The number of piperidine rings is 1. The van der Waals surface area contributed by atoms with Gasteiger partial charge in [-0.1, -0.05) is 0 Å². The molecule has 0 unspecified atom stereocenters. The molecule has 1 aliphatic rings. The van der Waals surface area contributed by atoms with Crippen LogP contribution in [0.5, 0.6) is 0 Å². The number of aryl methyl sites for hydroxylation is 1. The van der Waals surface area contributed by atoms with Crippen molar-refractivity contribution in [1.82, 2.24) is 9.88 Å². The van der Waals surface area contributed by atoms with Crippen molar-refractivity contribution < 1.29 is 19.1 Å². The first kappa shape index (κ1) is 12.6. The number of aliphatic carboxylic acids is 1. The number of amides is 1. The number of carbonyl (C=O) groups excluding carboxylic acids is 1. The van der Waals surface area contributed by atoms with Gasteiger partial charge in [0.05, 0.1) is 11.1 Å². The summed E-state index contributed by atoms with van der Waals surface area (Å²) in [4.78, 5) is 28.7. The van der Waals surface area contributed by atoms with E-state index >= 15 is 0 Å². The molecule has 0 radical (unpaired) electrons. The Bertz CT molecular complexity index is 472. The minimum Gasteiger partial charge on any atom is -0.481 e. The van der Waals surface area contributed by atoms with Crippen LogP contribution in [0, 0.1) is 12.3 Å². The molecule has 1 fully saturated rings. The second kappa shape index (κ2) is 4.44. The van der Waals surface area contributed by atoms with Crippen molar-refractivity contribution in [3.05, 3.63) is 17.8 Å². The fourth-order valence-corrected chi connectivity index (χ4v) is 2.07. The van der Waals surface area contributed by atoms with Crippen LogP contribution in [0.4, 0.5) is 0 Å². The molecule has 98 valence electrons. The Hall–Kier alpha value is -1.85. The highest BCUT2D eigenvalue weighted by Crippen LogP contribution is 2.31. The molecular formula is C12H16N2O4. The molecule has 0 aliphatic carbocycles. The van der Waals surface area contributed by atoms with Gasteiger partial charge in [0.15, 0.2) is 6.39 Å². The van der Waals surface area contributed by atoms with Crippen molar-refractivity contribution in [2.45, 2.75) is 26.7 Å². The molecular weight excluding hydrogens is 236 g/mol. The summed E-state index contributed by atoms with van der Waals surface area (Å²) in [6.45, 7) is 4.29. The van der Waals surface area contributed by atoms with Gasteiger partial charge in [-0.25, -0.2) is 4.98 Å². The van der Waals surface area contributed by atoms with Crippen LogP contribution in [0.15, 0.2) is 10.8 Å². The van der Waals surface area contributed by atoms with Crippen LogP contribution in [0.2, 0.25) is 0 Å². The van der Waals surface area contributed by atoms with Crippen molar-refractivity contribution in [1.29, 1.82) is 0 Å². The van der Waals surface area contributed by atoms with Gasteiger partial charge in [-0.2, -0.15) is 0 Å². The Kier molecular flexibility index (Phi) is 3.11. The maximum Gasteiger partial charge on any atom is 0.309 e. The van der Waals surface area contributed by atoms with E-state index in [-0.39, 0.29) is 11.7 Å². The second-order valence-electron chi connectivity index (χ2n) is 4.92. The summed E-state index contributed by atoms with van der Waals surface area (Å²) in [6.07, 6.45) is 2.16. The Morgan fingerprint density at radius 2 is 2.06 bits per heavy atom. The van der Waals surface area contributed by atoms with Gasteiger partial charge in [-0.05, 0) is 26.7 Å². The van der Waals surface area contributed by atoms with E-state index in [2.05, 4.69) is 4.98 Å². The molecule has 2 rings (SSSR count). The minimum atomic E-state index is -0.801. The second-order valence-corrected chi connectivity index (χ2v) is 4.92. The zero-order valence-corrected chi connectivity index (χ0v) is 10.5. The number of oxazole rings is 1. The van der Waals surface area contributed by atoms with Crippen LogP contribution in [-0.4, -0.2) is 40.0 Å². The van der Waals surface area contributed by atoms with E-state index in [0.717, 1.165) is 0 Å². The third-order valence-electron chi connectivity index (χ3n) is 3.61. The number of aromatic nitrogens is 1. The van der Waals surface area contributed by atoms with E-state index in [4.69, 9.17) is 9.52 Å². The summed E-state index contributed by atoms with van der Waals surface area (Å²) >= 11 is 0. The van der Waals surface area contributed by atoms with E-state index in [0.29, 0.717) is 31.6 Å². The Morgan fingerprint density at radius 3 is 2.50 bits per heavy atom. The summed E-state index contributed by atoms with van der Waals surface area (Å²) in [5, 5.41) is 9.12. The van der Waals surface area contributed by atoms with Crippen molar-refractivity contribution in [2.24, 2.45) is 5.41 Å².